The molecule has 21 heavy (non-hydrogen) atoms. The number of fused-ring (bicyclic) bond motifs is 1. The largest absolute Gasteiger partial charge is 0.497 e. The van der Waals surface area contributed by atoms with E-state index in [0.29, 0.717) is 17.5 Å². The Bertz CT molecular complexity index is 791. The molecule has 3 N–H and O–H groups in total. The maximum Gasteiger partial charge on any atom is 0.250 e. The van der Waals surface area contributed by atoms with Crippen LogP contribution in [0.5, 0.6) is 5.75 Å². The van der Waals surface area contributed by atoms with E-state index in [1.54, 1.807) is 19.2 Å². The van der Waals surface area contributed by atoms with E-state index in [1.807, 2.05) is 30.3 Å². The Morgan fingerprint density at radius 1 is 1.24 bits per heavy atom. The highest BCUT2D eigenvalue weighted by atomic mass is 16.5. The van der Waals surface area contributed by atoms with Crippen LogP contribution in [0, 0.1) is 0 Å². The number of aromatic nitrogens is 2. The maximum atomic E-state index is 11.4. The van der Waals surface area contributed by atoms with E-state index in [-0.39, 0.29) is 0 Å². The molecular formula is C16H15N3O2. The summed E-state index contributed by atoms with van der Waals surface area (Å²) in [5, 5.41) is 0. The standard InChI is InChI=1S/C16H15N3O2/c1-21-11-7-5-10(6-8-11)9-14-18-13-4-2-3-12(16(17)20)15(13)19-14/h2-8H,9H2,1H3,(H2,17,20)(H,18,19). The van der Waals surface area contributed by atoms with Crippen molar-refractivity contribution in [3.05, 3.63) is 59.4 Å². The summed E-state index contributed by atoms with van der Waals surface area (Å²) in [4.78, 5) is 19.1. The number of primary amides is 1. The Hall–Kier alpha value is -2.82. The quantitative estimate of drug-likeness (QED) is 0.769. The van der Waals surface area contributed by atoms with E-state index in [2.05, 4.69) is 9.97 Å². The van der Waals surface area contributed by atoms with Crippen LogP contribution in [-0.4, -0.2) is 23.0 Å². The number of carbonyl (C=O) groups excluding carboxylic acids is 1. The topological polar surface area (TPSA) is 81.0 Å². The third-order valence-corrected chi connectivity index (χ3v) is 3.36. The number of nitrogens with two attached hydrogens (primary N) is 1. The molecule has 106 valence electrons. The molecule has 1 amide bonds. The molecule has 0 spiro atoms. The van der Waals surface area contributed by atoms with Gasteiger partial charge < -0.3 is 15.5 Å². The summed E-state index contributed by atoms with van der Waals surface area (Å²) in [6.45, 7) is 0. The van der Waals surface area contributed by atoms with Crippen LogP contribution >= 0.6 is 0 Å². The lowest BCUT2D eigenvalue weighted by Gasteiger charge is -2.01. The zero-order valence-electron chi connectivity index (χ0n) is 11.6. The smallest absolute Gasteiger partial charge is 0.250 e. The first-order valence-corrected chi connectivity index (χ1v) is 6.57. The van der Waals surface area contributed by atoms with E-state index >= 15 is 0 Å². The predicted molar refractivity (Wildman–Crippen MR) is 80.4 cm³/mol. The van der Waals surface area contributed by atoms with Crippen LogP contribution in [0.3, 0.4) is 0 Å². The minimum atomic E-state index is -0.469. The van der Waals surface area contributed by atoms with Crippen molar-refractivity contribution in [1.29, 1.82) is 0 Å². The second kappa shape index (κ2) is 5.28. The van der Waals surface area contributed by atoms with Crippen LogP contribution in [0.15, 0.2) is 42.5 Å². The summed E-state index contributed by atoms with van der Waals surface area (Å²) < 4.78 is 5.13. The molecule has 0 aliphatic rings. The second-order valence-corrected chi connectivity index (χ2v) is 4.77. The van der Waals surface area contributed by atoms with E-state index in [9.17, 15) is 4.79 Å². The highest BCUT2D eigenvalue weighted by molar-refractivity contribution is 6.04. The van der Waals surface area contributed by atoms with Gasteiger partial charge in [0, 0.05) is 6.42 Å². The van der Waals surface area contributed by atoms with Crippen molar-refractivity contribution in [3.8, 4) is 5.75 Å². The molecule has 5 heteroatoms. The Labute approximate surface area is 121 Å². The summed E-state index contributed by atoms with van der Waals surface area (Å²) in [5.41, 5.74) is 8.34. The normalized spacial score (nSPS) is 10.7. The summed E-state index contributed by atoms with van der Waals surface area (Å²) in [7, 11) is 1.64. The number of para-hydroxylation sites is 1. The van der Waals surface area contributed by atoms with Gasteiger partial charge >= 0.3 is 0 Å². The number of methoxy groups -OCH3 is 1. The summed E-state index contributed by atoms with van der Waals surface area (Å²) in [5.74, 6) is 1.14. The molecule has 0 radical (unpaired) electrons. The number of hydrogen-bond acceptors (Lipinski definition) is 3. The van der Waals surface area contributed by atoms with Crippen molar-refractivity contribution >= 4 is 16.9 Å². The molecule has 5 nitrogen and oxygen atoms in total. The van der Waals surface area contributed by atoms with Crippen LogP contribution in [0.1, 0.15) is 21.7 Å². The van der Waals surface area contributed by atoms with Crippen LogP contribution in [-0.2, 0) is 6.42 Å². The van der Waals surface area contributed by atoms with E-state index < -0.39 is 5.91 Å². The van der Waals surface area contributed by atoms with Gasteiger partial charge in [0.1, 0.15) is 17.1 Å². The van der Waals surface area contributed by atoms with Gasteiger partial charge in [0.15, 0.2) is 0 Å². The van der Waals surface area contributed by atoms with Gasteiger partial charge in [-0.25, -0.2) is 4.98 Å². The van der Waals surface area contributed by atoms with Gasteiger partial charge in [0.05, 0.1) is 18.2 Å². The molecule has 0 fully saturated rings. The third kappa shape index (κ3) is 2.58. The molecule has 0 bridgehead atoms. The Morgan fingerprint density at radius 3 is 2.67 bits per heavy atom. The molecule has 0 unspecified atom stereocenters. The van der Waals surface area contributed by atoms with Gasteiger partial charge in [0.2, 0.25) is 0 Å². The van der Waals surface area contributed by atoms with Gasteiger partial charge in [-0.2, -0.15) is 0 Å². The number of aromatic amines is 1. The van der Waals surface area contributed by atoms with Gasteiger partial charge in [-0.3, -0.25) is 4.79 Å². The maximum absolute atomic E-state index is 11.4. The monoisotopic (exact) mass is 281 g/mol. The van der Waals surface area contributed by atoms with Crippen LogP contribution in [0.4, 0.5) is 0 Å². The fraction of sp³-hybridized carbons (Fsp3) is 0.125. The minimum Gasteiger partial charge on any atom is -0.497 e. The number of H-pyrrole nitrogens is 1. The minimum absolute atomic E-state index is 0.435. The molecule has 0 aliphatic carbocycles. The number of benzene rings is 2. The predicted octanol–water partition coefficient (Wildman–Crippen LogP) is 2.26. The van der Waals surface area contributed by atoms with Crippen molar-refractivity contribution in [2.24, 2.45) is 5.73 Å². The lowest BCUT2D eigenvalue weighted by molar-refractivity contribution is 0.100. The zero-order valence-corrected chi connectivity index (χ0v) is 11.6. The van der Waals surface area contributed by atoms with E-state index in [4.69, 9.17) is 10.5 Å². The lowest BCUT2D eigenvalue weighted by atomic mass is 10.1. The second-order valence-electron chi connectivity index (χ2n) is 4.77. The van der Waals surface area contributed by atoms with Crippen molar-refractivity contribution in [2.45, 2.75) is 6.42 Å². The molecule has 1 aromatic heterocycles. The molecular weight excluding hydrogens is 266 g/mol. The molecule has 0 aliphatic heterocycles. The Kier molecular flexibility index (Phi) is 3.31. The van der Waals surface area contributed by atoms with Gasteiger partial charge in [0.25, 0.3) is 5.91 Å². The Morgan fingerprint density at radius 2 is 2.00 bits per heavy atom. The van der Waals surface area contributed by atoms with Gasteiger partial charge in [-0.05, 0) is 29.8 Å². The number of carbonyl (C=O) groups is 1. The highest BCUT2D eigenvalue weighted by Crippen LogP contribution is 2.19. The van der Waals surface area contributed by atoms with Crippen molar-refractivity contribution in [3.63, 3.8) is 0 Å². The molecule has 0 saturated heterocycles. The number of hydrogen-bond donors (Lipinski definition) is 2. The first-order valence-electron chi connectivity index (χ1n) is 6.57. The number of amides is 1. The summed E-state index contributed by atoms with van der Waals surface area (Å²) >= 11 is 0. The first-order chi connectivity index (χ1) is 10.2. The van der Waals surface area contributed by atoms with E-state index in [0.717, 1.165) is 22.7 Å². The number of nitrogens with zero attached hydrogens (tertiary/aromatic N) is 1. The molecule has 2 aromatic carbocycles. The number of rotatable bonds is 4. The van der Waals surface area contributed by atoms with Crippen LogP contribution in [0.2, 0.25) is 0 Å². The SMILES string of the molecule is COc1ccc(Cc2nc3c(C(N)=O)cccc3[nH]2)cc1. The van der Waals surface area contributed by atoms with Gasteiger partial charge in [-0.15, -0.1) is 0 Å². The van der Waals surface area contributed by atoms with Gasteiger partial charge in [-0.1, -0.05) is 18.2 Å². The molecule has 0 saturated carbocycles. The molecule has 3 rings (SSSR count). The Balaban J connectivity index is 1.93. The number of nitrogens with one attached hydrogen (secondary N) is 1. The van der Waals surface area contributed by atoms with Crippen LogP contribution in [0.25, 0.3) is 11.0 Å². The van der Waals surface area contributed by atoms with Crippen molar-refractivity contribution in [2.75, 3.05) is 7.11 Å². The number of imidazole rings is 1. The summed E-state index contributed by atoms with van der Waals surface area (Å²) in [6.07, 6.45) is 0.650. The fourth-order valence-electron chi connectivity index (χ4n) is 2.30. The average Bonchev–Trinajstić information content (AvgIpc) is 2.89. The molecule has 3 aromatic rings. The first kappa shape index (κ1) is 13.2. The highest BCUT2D eigenvalue weighted by Gasteiger charge is 2.11. The fourth-order valence-corrected chi connectivity index (χ4v) is 2.30. The summed E-state index contributed by atoms with van der Waals surface area (Å²) in [6, 6.07) is 13.1. The molecule has 0 atom stereocenters. The van der Waals surface area contributed by atoms with E-state index in [1.165, 1.54) is 0 Å². The van der Waals surface area contributed by atoms with Crippen LogP contribution < -0.4 is 10.5 Å². The average molecular weight is 281 g/mol. The molecule has 1 heterocycles. The van der Waals surface area contributed by atoms with Crippen molar-refractivity contribution < 1.29 is 9.53 Å². The third-order valence-electron chi connectivity index (χ3n) is 3.36. The lowest BCUT2D eigenvalue weighted by Crippen LogP contribution is -2.11. The zero-order chi connectivity index (χ0) is 14.8. The number of ether oxygens (including phenoxy) is 1. The van der Waals surface area contributed by atoms with Crippen molar-refractivity contribution in [1.82, 2.24) is 9.97 Å².